The Morgan fingerprint density at radius 1 is 1.43 bits per heavy atom. The van der Waals surface area contributed by atoms with Gasteiger partial charge >= 0.3 is 0 Å². The van der Waals surface area contributed by atoms with E-state index < -0.39 is 10.8 Å². The second-order valence-electron chi connectivity index (χ2n) is 3.47. The largest absolute Gasteiger partial charge is 0.464 e. The molecule has 1 heterocycles. The number of hydrogen-bond donors (Lipinski definition) is 1. The fourth-order valence-electron chi connectivity index (χ4n) is 1.08. The molecule has 1 aromatic rings. The van der Waals surface area contributed by atoms with E-state index in [0.717, 1.165) is 11.5 Å². The summed E-state index contributed by atoms with van der Waals surface area (Å²) in [7, 11) is 1.04. The molecule has 14 heavy (non-hydrogen) atoms. The van der Waals surface area contributed by atoms with Crippen molar-refractivity contribution in [2.24, 2.45) is 0 Å². The van der Waals surface area contributed by atoms with E-state index >= 15 is 0 Å². The van der Waals surface area contributed by atoms with Crippen LogP contribution in [0.1, 0.15) is 25.4 Å². The summed E-state index contributed by atoms with van der Waals surface area (Å²) in [6.07, 6.45) is 0. The Labute approximate surface area is 87.3 Å². The second kappa shape index (κ2) is 5.32. The number of hydrogen-bond acceptors (Lipinski definition) is 3. The quantitative estimate of drug-likeness (QED) is 0.812. The van der Waals surface area contributed by atoms with Crippen LogP contribution in [0.15, 0.2) is 16.5 Å². The summed E-state index contributed by atoms with van der Waals surface area (Å²) in [6.45, 7) is 4.62. The molecule has 0 amide bonds. The Bertz CT molecular complexity index is 307. The first-order chi connectivity index (χ1) is 6.63. The summed E-state index contributed by atoms with van der Waals surface area (Å²) in [5.74, 6) is 2.21. The number of nitrogens with one attached hydrogen (secondary N) is 1. The lowest BCUT2D eigenvalue weighted by molar-refractivity contribution is 0.467. The minimum atomic E-state index is -0.827. The van der Waals surface area contributed by atoms with Crippen molar-refractivity contribution in [3.05, 3.63) is 23.7 Å². The van der Waals surface area contributed by atoms with Gasteiger partial charge in [0.25, 0.3) is 0 Å². The van der Waals surface area contributed by atoms with Crippen LogP contribution in [0.25, 0.3) is 0 Å². The highest BCUT2D eigenvalue weighted by molar-refractivity contribution is 7.84. The van der Waals surface area contributed by atoms with Gasteiger partial charge in [0.2, 0.25) is 0 Å². The van der Waals surface area contributed by atoms with Crippen molar-refractivity contribution in [3.8, 4) is 0 Å². The Hall–Kier alpha value is -0.610. The summed E-state index contributed by atoms with van der Waals surface area (Å²) < 4.78 is 17.0. The van der Waals surface area contributed by atoms with Crippen molar-refractivity contribution in [3.63, 3.8) is 0 Å². The summed E-state index contributed by atoms with van der Waals surface area (Å²) >= 11 is 0. The lowest BCUT2D eigenvalue weighted by Crippen LogP contribution is -2.07. The van der Waals surface area contributed by atoms with Gasteiger partial charge in [0.1, 0.15) is 11.5 Å². The summed E-state index contributed by atoms with van der Waals surface area (Å²) in [5, 5.41) is 3.19. The van der Waals surface area contributed by atoms with Gasteiger partial charge in [-0.15, -0.1) is 0 Å². The van der Waals surface area contributed by atoms with Gasteiger partial charge in [-0.2, -0.15) is 0 Å². The van der Waals surface area contributed by atoms with Crippen LogP contribution in [0.4, 0.5) is 0 Å². The first-order valence-corrected chi connectivity index (χ1v) is 6.11. The summed E-state index contributed by atoms with van der Waals surface area (Å²) in [6, 6.07) is 3.82. The van der Waals surface area contributed by atoms with Crippen molar-refractivity contribution in [1.29, 1.82) is 0 Å². The average Bonchev–Trinajstić information content (AvgIpc) is 2.53. The van der Waals surface area contributed by atoms with Crippen LogP contribution < -0.4 is 5.32 Å². The van der Waals surface area contributed by atoms with E-state index in [1.807, 2.05) is 33.0 Å². The van der Waals surface area contributed by atoms with Crippen LogP contribution in [-0.2, 0) is 23.1 Å². The molecule has 1 unspecified atom stereocenters. The third kappa shape index (κ3) is 3.27. The molecule has 0 aromatic carbocycles. The van der Waals surface area contributed by atoms with Crippen LogP contribution in [0, 0.1) is 0 Å². The summed E-state index contributed by atoms with van der Waals surface area (Å²) in [4.78, 5) is 0. The molecule has 0 aliphatic carbocycles. The molecule has 0 aliphatic heterocycles. The molecule has 0 aliphatic rings. The molecule has 0 radical (unpaired) electrons. The van der Waals surface area contributed by atoms with E-state index in [2.05, 4.69) is 5.32 Å². The molecule has 1 rings (SSSR count). The molecular weight excluding hydrogens is 198 g/mol. The van der Waals surface area contributed by atoms with Gasteiger partial charge in [-0.1, -0.05) is 13.8 Å². The van der Waals surface area contributed by atoms with Gasteiger partial charge < -0.3 is 9.73 Å². The molecule has 1 N–H and O–H groups in total. The topological polar surface area (TPSA) is 42.2 Å². The first kappa shape index (κ1) is 11.5. The molecular formula is C10H17NO2S. The van der Waals surface area contributed by atoms with Crippen molar-refractivity contribution in [1.82, 2.24) is 5.32 Å². The Balaban J connectivity index is 2.55. The third-order valence-corrected chi connectivity index (χ3v) is 3.50. The Kier molecular flexibility index (Phi) is 4.35. The van der Waals surface area contributed by atoms with Crippen molar-refractivity contribution in [2.45, 2.75) is 31.4 Å². The predicted octanol–water partition coefficient (Wildman–Crippen LogP) is 1.66. The van der Waals surface area contributed by atoms with Gasteiger partial charge in [-0.3, -0.25) is 4.21 Å². The highest BCUT2D eigenvalue weighted by Gasteiger charge is 2.09. The van der Waals surface area contributed by atoms with Crippen molar-refractivity contribution in [2.75, 3.05) is 7.05 Å². The van der Waals surface area contributed by atoms with E-state index in [1.54, 1.807) is 0 Å². The SMILES string of the molecule is CNCc1ccc(CS(=O)C(C)C)o1. The Morgan fingerprint density at radius 2 is 2.07 bits per heavy atom. The molecule has 3 nitrogen and oxygen atoms in total. The van der Waals surface area contributed by atoms with E-state index in [9.17, 15) is 4.21 Å². The lowest BCUT2D eigenvalue weighted by atomic mass is 10.4. The number of furan rings is 1. The Morgan fingerprint density at radius 3 is 2.64 bits per heavy atom. The zero-order valence-electron chi connectivity index (χ0n) is 8.87. The number of rotatable bonds is 5. The van der Waals surface area contributed by atoms with Gasteiger partial charge in [0, 0.05) is 16.0 Å². The maximum absolute atomic E-state index is 11.5. The van der Waals surface area contributed by atoms with Crippen LogP contribution >= 0.6 is 0 Å². The fourth-order valence-corrected chi connectivity index (χ4v) is 1.84. The summed E-state index contributed by atoms with van der Waals surface area (Å²) in [5.41, 5.74) is 0. The van der Waals surface area contributed by atoms with Gasteiger partial charge in [0.15, 0.2) is 0 Å². The standard InChI is InChI=1S/C10H17NO2S/c1-8(2)14(12)7-10-5-4-9(13-10)6-11-3/h4-5,8,11H,6-7H2,1-3H3. The fraction of sp³-hybridized carbons (Fsp3) is 0.600. The van der Waals surface area contributed by atoms with Gasteiger partial charge in [-0.05, 0) is 19.2 Å². The monoisotopic (exact) mass is 215 g/mol. The molecule has 0 saturated heterocycles. The highest BCUT2D eigenvalue weighted by Crippen LogP contribution is 2.11. The van der Waals surface area contributed by atoms with Crippen LogP contribution in [0.3, 0.4) is 0 Å². The van der Waals surface area contributed by atoms with Crippen LogP contribution in [-0.4, -0.2) is 16.5 Å². The van der Waals surface area contributed by atoms with Crippen molar-refractivity contribution >= 4 is 10.8 Å². The second-order valence-corrected chi connectivity index (χ2v) is 5.47. The zero-order valence-corrected chi connectivity index (χ0v) is 9.69. The van der Waals surface area contributed by atoms with Crippen LogP contribution in [0.2, 0.25) is 0 Å². The van der Waals surface area contributed by atoms with E-state index in [-0.39, 0.29) is 5.25 Å². The molecule has 1 aromatic heterocycles. The minimum Gasteiger partial charge on any atom is -0.464 e. The van der Waals surface area contributed by atoms with Gasteiger partial charge in [-0.25, -0.2) is 0 Å². The maximum Gasteiger partial charge on any atom is 0.117 e. The molecule has 4 heteroatoms. The maximum atomic E-state index is 11.5. The molecule has 0 spiro atoms. The molecule has 80 valence electrons. The van der Waals surface area contributed by atoms with E-state index in [1.165, 1.54) is 0 Å². The van der Waals surface area contributed by atoms with E-state index in [4.69, 9.17) is 4.42 Å². The molecule has 0 fully saturated rings. The normalized spacial score (nSPS) is 13.4. The zero-order chi connectivity index (χ0) is 10.6. The average molecular weight is 215 g/mol. The molecule has 0 bridgehead atoms. The van der Waals surface area contributed by atoms with Crippen LogP contribution in [0.5, 0.6) is 0 Å². The lowest BCUT2D eigenvalue weighted by Gasteiger charge is -2.02. The molecule has 1 atom stereocenters. The molecule has 0 saturated carbocycles. The highest BCUT2D eigenvalue weighted by atomic mass is 32.2. The van der Waals surface area contributed by atoms with Gasteiger partial charge in [0.05, 0.1) is 12.3 Å². The minimum absolute atomic E-state index is 0.188. The smallest absolute Gasteiger partial charge is 0.117 e. The van der Waals surface area contributed by atoms with Crippen molar-refractivity contribution < 1.29 is 8.63 Å². The third-order valence-electron chi connectivity index (χ3n) is 1.88. The predicted molar refractivity (Wildman–Crippen MR) is 58.5 cm³/mol. The van der Waals surface area contributed by atoms with E-state index in [0.29, 0.717) is 12.3 Å². The first-order valence-electron chi connectivity index (χ1n) is 4.73.